The number of nitrogens with two attached hydrogens (primary N) is 1. The molecule has 0 spiro atoms. The van der Waals surface area contributed by atoms with Crippen LogP contribution in [0.15, 0.2) is 0 Å². The molecule has 4 nitrogen and oxygen atoms in total. The molecule has 1 saturated carbocycles. The Morgan fingerprint density at radius 2 is 1.85 bits per heavy atom. The number of fused-ring (bicyclic) bond motifs is 1. The van der Waals surface area contributed by atoms with Gasteiger partial charge in [0.2, 0.25) is 5.91 Å². The molecule has 0 radical (unpaired) electrons. The molecule has 4 atom stereocenters. The molecule has 20 heavy (non-hydrogen) atoms. The molecule has 114 valence electrons. The SMILES string of the molecule is NC1CCCCCC1C(=O)NC1CCN2CCCC2C1. The molecule has 3 aliphatic rings. The topological polar surface area (TPSA) is 58.4 Å². The van der Waals surface area contributed by atoms with Crippen molar-refractivity contribution in [3.05, 3.63) is 0 Å². The fourth-order valence-electron chi connectivity index (χ4n) is 4.33. The normalized spacial score (nSPS) is 39.0. The lowest BCUT2D eigenvalue weighted by Gasteiger charge is -2.36. The van der Waals surface area contributed by atoms with Crippen LogP contribution in [-0.4, -0.2) is 42.0 Å². The molecule has 3 rings (SSSR count). The summed E-state index contributed by atoms with van der Waals surface area (Å²) in [7, 11) is 0. The van der Waals surface area contributed by atoms with Crippen molar-refractivity contribution in [1.82, 2.24) is 10.2 Å². The molecule has 4 heteroatoms. The Bertz CT molecular complexity index is 347. The van der Waals surface area contributed by atoms with E-state index in [1.165, 1.54) is 32.2 Å². The Hall–Kier alpha value is -0.610. The van der Waals surface area contributed by atoms with E-state index in [0.29, 0.717) is 6.04 Å². The van der Waals surface area contributed by atoms with Crippen LogP contribution in [0, 0.1) is 5.92 Å². The number of nitrogens with one attached hydrogen (secondary N) is 1. The number of amides is 1. The third kappa shape index (κ3) is 3.17. The summed E-state index contributed by atoms with van der Waals surface area (Å²) < 4.78 is 0. The minimum absolute atomic E-state index is 0.0547. The van der Waals surface area contributed by atoms with Gasteiger partial charge in [-0.3, -0.25) is 4.79 Å². The lowest BCUT2D eigenvalue weighted by molar-refractivity contribution is -0.127. The summed E-state index contributed by atoms with van der Waals surface area (Å²) in [6.45, 7) is 2.42. The van der Waals surface area contributed by atoms with Crippen LogP contribution in [0.5, 0.6) is 0 Å². The van der Waals surface area contributed by atoms with E-state index in [2.05, 4.69) is 10.2 Å². The molecule has 3 N–H and O–H groups in total. The number of piperidine rings is 1. The predicted molar refractivity (Wildman–Crippen MR) is 80.3 cm³/mol. The van der Waals surface area contributed by atoms with Crippen LogP contribution in [0.25, 0.3) is 0 Å². The minimum atomic E-state index is 0.0547. The molecule has 2 saturated heterocycles. The average Bonchev–Trinajstić information content (AvgIpc) is 2.79. The van der Waals surface area contributed by atoms with Gasteiger partial charge in [-0.2, -0.15) is 0 Å². The van der Waals surface area contributed by atoms with E-state index in [4.69, 9.17) is 5.73 Å². The summed E-state index contributed by atoms with van der Waals surface area (Å²) in [4.78, 5) is 15.1. The largest absolute Gasteiger partial charge is 0.353 e. The highest BCUT2D eigenvalue weighted by atomic mass is 16.2. The van der Waals surface area contributed by atoms with Gasteiger partial charge < -0.3 is 16.0 Å². The van der Waals surface area contributed by atoms with Gasteiger partial charge in [0.15, 0.2) is 0 Å². The maximum absolute atomic E-state index is 12.5. The standard InChI is InChI=1S/C16H29N3O/c17-15-7-3-1-2-6-14(15)16(20)18-12-8-10-19-9-4-5-13(19)11-12/h12-15H,1-11,17H2,(H,18,20). The highest BCUT2D eigenvalue weighted by molar-refractivity contribution is 5.79. The molecule has 0 aromatic heterocycles. The van der Waals surface area contributed by atoms with E-state index < -0.39 is 0 Å². The number of nitrogens with zero attached hydrogens (tertiary/aromatic N) is 1. The van der Waals surface area contributed by atoms with Crippen molar-refractivity contribution in [2.45, 2.75) is 75.9 Å². The second-order valence-corrected chi connectivity index (χ2v) is 6.97. The zero-order valence-corrected chi connectivity index (χ0v) is 12.5. The summed E-state index contributed by atoms with van der Waals surface area (Å²) in [6, 6.07) is 1.18. The van der Waals surface area contributed by atoms with Crippen molar-refractivity contribution in [1.29, 1.82) is 0 Å². The summed E-state index contributed by atoms with van der Waals surface area (Å²) in [6.07, 6.45) is 10.5. The van der Waals surface area contributed by atoms with Crippen molar-refractivity contribution in [3.8, 4) is 0 Å². The fraction of sp³-hybridized carbons (Fsp3) is 0.938. The molecule has 3 fully saturated rings. The summed E-state index contributed by atoms with van der Waals surface area (Å²) in [5.41, 5.74) is 6.20. The molecular weight excluding hydrogens is 250 g/mol. The van der Waals surface area contributed by atoms with Crippen molar-refractivity contribution in [3.63, 3.8) is 0 Å². The Labute approximate surface area is 122 Å². The van der Waals surface area contributed by atoms with Gasteiger partial charge in [0.25, 0.3) is 0 Å². The zero-order valence-electron chi connectivity index (χ0n) is 12.5. The molecule has 1 amide bonds. The van der Waals surface area contributed by atoms with Crippen LogP contribution >= 0.6 is 0 Å². The maximum Gasteiger partial charge on any atom is 0.224 e. The van der Waals surface area contributed by atoms with Gasteiger partial charge in [0.1, 0.15) is 0 Å². The highest BCUT2D eigenvalue weighted by Gasteiger charge is 2.34. The lowest BCUT2D eigenvalue weighted by atomic mass is 9.92. The van der Waals surface area contributed by atoms with Gasteiger partial charge in [-0.1, -0.05) is 19.3 Å². The number of rotatable bonds is 2. The zero-order chi connectivity index (χ0) is 13.9. The lowest BCUT2D eigenvalue weighted by Crippen LogP contribution is -2.50. The molecule has 2 heterocycles. The number of carbonyl (C=O) groups is 1. The van der Waals surface area contributed by atoms with Crippen LogP contribution in [0.1, 0.15) is 57.8 Å². The molecule has 1 aliphatic carbocycles. The van der Waals surface area contributed by atoms with Gasteiger partial charge in [0, 0.05) is 24.7 Å². The van der Waals surface area contributed by atoms with Crippen LogP contribution in [0.4, 0.5) is 0 Å². The van der Waals surface area contributed by atoms with Crippen LogP contribution in [0.3, 0.4) is 0 Å². The quantitative estimate of drug-likeness (QED) is 0.756. The summed E-state index contributed by atoms with van der Waals surface area (Å²) in [5.74, 6) is 0.287. The van der Waals surface area contributed by atoms with E-state index in [1.807, 2.05) is 0 Å². The average molecular weight is 279 g/mol. The first-order valence-corrected chi connectivity index (χ1v) is 8.54. The minimum Gasteiger partial charge on any atom is -0.353 e. The smallest absolute Gasteiger partial charge is 0.224 e. The fourth-order valence-corrected chi connectivity index (χ4v) is 4.33. The summed E-state index contributed by atoms with van der Waals surface area (Å²) in [5, 5.41) is 3.31. The molecule has 4 unspecified atom stereocenters. The monoisotopic (exact) mass is 279 g/mol. The third-order valence-electron chi connectivity index (χ3n) is 5.57. The first-order chi connectivity index (χ1) is 9.74. The Balaban J connectivity index is 1.52. The van der Waals surface area contributed by atoms with E-state index in [1.54, 1.807) is 0 Å². The Morgan fingerprint density at radius 3 is 2.75 bits per heavy atom. The van der Waals surface area contributed by atoms with Crippen molar-refractivity contribution in [2.24, 2.45) is 11.7 Å². The van der Waals surface area contributed by atoms with E-state index >= 15 is 0 Å². The van der Waals surface area contributed by atoms with E-state index in [-0.39, 0.29) is 17.9 Å². The summed E-state index contributed by atoms with van der Waals surface area (Å²) >= 11 is 0. The van der Waals surface area contributed by atoms with Crippen LogP contribution in [-0.2, 0) is 4.79 Å². The number of hydrogen-bond acceptors (Lipinski definition) is 3. The Kier molecular flexibility index (Phi) is 4.61. The molecular formula is C16H29N3O. The maximum atomic E-state index is 12.5. The molecule has 0 aromatic carbocycles. The molecule has 0 aromatic rings. The van der Waals surface area contributed by atoms with Crippen molar-refractivity contribution < 1.29 is 4.79 Å². The second-order valence-electron chi connectivity index (χ2n) is 6.97. The van der Waals surface area contributed by atoms with E-state index in [9.17, 15) is 4.79 Å². The van der Waals surface area contributed by atoms with Crippen molar-refractivity contribution >= 4 is 5.91 Å². The predicted octanol–water partition coefficient (Wildman–Crippen LogP) is 1.64. The first kappa shape index (κ1) is 14.3. The molecule has 2 aliphatic heterocycles. The van der Waals surface area contributed by atoms with Gasteiger partial charge in [0.05, 0.1) is 5.92 Å². The first-order valence-electron chi connectivity index (χ1n) is 8.54. The van der Waals surface area contributed by atoms with E-state index in [0.717, 1.165) is 44.7 Å². The third-order valence-corrected chi connectivity index (χ3v) is 5.57. The molecule has 0 bridgehead atoms. The van der Waals surface area contributed by atoms with Gasteiger partial charge in [-0.05, 0) is 45.1 Å². The van der Waals surface area contributed by atoms with Crippen molar-refractivity contribution in [2.75, 3.05) is 13.1 Å². The number of hydrogen-bond donors (Lipinski definition) is 2. The highest BCUT2D eigenvalue weighted by Crippen LogP contribution is 2.28. The van der Waals surface area contributed by atoms with Gasteiger partial charge in [-0.25, -0.2) is 0 Å². The second kappa shape index (κ2) is 6.44. The van der Waals surface area contributed by atoms with Crippen LogP contribution in [0.2, 0.25) is 0 Å². The van der Waals surface area contributed by atoms with Crippen LogP contribution < -0.4 is 11.1 Å². The van der Waals surface area contributed by atoms with Gasteiger partial charge >= 0.3 is 0 Å². The Morgan fingerprint density at radius 1 is 1.00 bits per heavy atom. The number of carbonyl (C=O) groups excluding carboxylic acids is 1. The van der Waals surface area contributed by atoms with Gasteiger partial charge in [-0.15, -0.1) is 0 Å².